The van der Waals surface area contributed by atoms with E-state index in [1.54, 1.807) is 19.2 Å². The van der Waals surface area contributed by atoms with Crippen molar-refractivity contribution in [2.75, 3.05) is 26.0 Å². The van der Waals surface area contributed by atoms with Gasteiger partial charge in [-0.2, -0.15) is 0 Å². The lowest BCUT2D eigenvalue weighted by Crippen LogP contribution is -2.42. The summed E-state index contributed by atoms with van der Waals surface area (Å²) in [6.07, 6.45) is -1.08. The van der Waals surface area contributed by atoms with Crippen LogP contribution in [-0.4, -0.2) is 64.4 Å². The van der Waals surface area contributed by atoms with Gasteiger partial charge in [0.2, 0.25) is 0 Å². The summed E-state index contributed by atoms with van der Waals surface area (Å²) < 4.78 is 10.1. The largest absolute Gasteiger partial charge is 0.497 e. The van der Waals surface area contributed by atoms with Crippen molar-refractivity contribution in [1.82, 2.24) is 5.23 Å². The molecule has 0 amide bonds. The first-order valence-electron chi connectivity index (χ1n) is 6.95. The van der Waals surface area contributed by atoms with Crippen LogP contribution in [0.3, 0.4) is 0 Å². The number of nitrogens with zero attached hydrogens (tertiary/aromatic N) is 1. The summed E-state index contributed by atoms with van der Waals surface area (Å²) in [5.74, 6) is 0.837. The Kier molecular flexibility index (Phi) is 8.10. The number of rotatable bonds is 4. The smallest absolute Gasteiger partial charge is 0.119 e. The number of hydrogen-bond acceptors (Lipinski definition) is 8. The molecule has 3 unspecified atom stereocenters. The summed E-state index contributed by atoms with van der Waals surface area (Å²) in [4.78, 5) is 0. The van der Waals surface area contributed by atoms with Gasteiger partial charge in [0, 0.05) is 12.1 Å². The van der Waals surface area contributed by atoms with Crippen LogP contribution in [0.15, 0.2) is 24.3 Å². The summed E-state index contributed by atoms with van der Waals surface area (Å²) >= 11 is 0. The Morgan fingerprint density at radius 2 is 1.86 bits per heavy atom. The molecule has 8 nitrogen and oxygen atoms in total. The van der Waals surface area contributed by atoms with E-state index >= 15 is 0 Å². The van der Waals surface area contributed by atoms with Crippen molar-refractivity contribution < 1.29 is 30.1 Å². The first kappa shape index (κ1) is 18.6. The molecule has 126 valence electrons. The normalized spacial score (nSPS) is 24.5. The number of methoxy groups -OCH3 is 1. The third kappa shape index (κ3) is 7.03. The van der Waals surface area contributed by atoms with E-state index in [9.17, 15) is 5.11 Å². The summed E-state index contributed by atoms with van der Waals surface area (Å²) in [6.45, 7) is 0.163. The molecule has 0 bridgehead atoms. The first-order chi connectivity index (χ1) is 10.4. The van der Waals surface area contributed by atoms with Crippen LogP contribution < -0.4 is 10.5 Å². The minimum absolute atomic E-state index is 0.0630. The van der Waals surface area contributed by atoms with E-state index in [4.69, 9.17) is 30.7 Å². The highest BCUT2D eigenvalue weighted by molar-refractivity contribution is 5.41. The minimum atomic E-state index is -0.824. The van der Waals surface area contributed by atoms with E-state index in [0.29, 0.717) is 12.8 Å². The van der Waals surface area contributed by atoms with E-state index in [2.05, 4.69) is 0 Å². The second-order valence-corrected chi connectivity index (χ2v) is 4.98. The molecule has 6 N–H and O–H groups in total. The van der Waals surface area contributed by atoms with Crippen LogP contribution in [0.4, 0.5) is 5.69 Å². The molecule has 0 spiro atoms. The molecule has 1 fully saturated rings. The molecular formula is C14H24N2O6. The summed E-state index contributed by atoms with van der Waals surface area (Å²) in [6, 6.07) is 7.27. The Morgan fingerprint density at radius 3 is 2.36 bits per heavy atom. The summed E-state index contributed by atoms with van der Waals surface area (Å²) in [5.41, 5.74) is 6.19. The van der Waals surface area contributed by atoms with E-state index in [0.717, 1.165) is 11.4 Å². The van der Waals surface area contributed by atoms with Gasteiger partial charge < -0.3 is 25.4 Å². The van der Waals surface area contributed by atoms with Gasteiger partial charge in [0.05, 0.1) is 32.5 Å². The molecule has 8 heteroatoms. The van der Waals surface area contributed by atoms with Crippen molar-refractivity contribution in [1.29, 1.82) is 0 Å². The summed E-state index contributed by atoms with van der Waals surface area (Å²) in [5, 5.41) is 35.3. The molecule has 1 heterocycles. The van der Waals surface area contributed by atoms with Crippen molar-refractivity contribution in [3.05, 3.63) is 24.3 Å². The second kappa shape index (κ2) is 9.57. The van der Waals surface area contributed by atoms with Gasteiger partial charge in [-0.05, 0) is 30.7 Å². The molecule has 1 aromatic rings. The number of aliphatic hydroxyl groups is 2. The highest BCUT2D eigenvalue weighted by Gasteiger charge is 2.28. The standard InChI is InChI=1S/C7H15NO5.C7H9NO/c9-6-3-5(1-2-8(11)12)13-4-7(6)10;1-9-7-4-2-6(8)3-5-7/h5-7,9-12H,1-4H2;2-5H,8H2,1H3. The number of nitrogen functional groups attached to an aromatic ring is 1. The molecule has 1 aliphatic heterocycles. The zero-order valence-corrected chi connectivity index (χ0v) is 12.5. The van der Waals surface area contributed by atoms with Crippen molar-refractivity contribution in [3.63, 3.8) is 0 Å². The second-order valence-electron chi connectivity index (χ2n) is 4.98. The van der Waals surface area contributed by atoms with E-state index < -0.39 is 12.2 Å². The lowest BCUT2D eigenvalue weighted by atomic mass is 10.0. The first-order valence-corrected chi connectivity index (χ1v) is 6.95. The quantitative estimate of drug-likeness (QED) is 0.395. The van der Waals surface area contributed by atoms with Crippen molar-refractivity contribution in [2.45, 2.75) is 31.2 Å². The lowest BCUT2D eigenvalue weighted by Gasteiger charge is -2.30. The third-order valence-electron chi connectivity index (χ3n) is 3.22. The Labute approximate surface area is 129 Å². The number of aliphatic hydroxyl groups excluding tert-OH is 2. The van der Waals surface area contributed by atoms with Crippen LogP contribution in [-0.2, 0) is 4.74 Å². The Hall–Kier alpha value is -1.42. The minimum Gasteiger partial charge on any atom is -0.497 e. The van der Waals surface area contributed by atoms with Gasteiger partial charge in [0.1, 0.15) is 11.9 Å². The molecule has 0 aromatic heterocycles. The highest BCUT2D eigenvalue weighted by Crippen LogP contribution is 2.16. The maximum Gasteiger partial charge on any atom is 0.119 e. The fourth-order valence-electron chi connectivity index (χ4n) is 1.90. The van der Waals surface area contributed by atoms with Gasteiger partial charge >= 0.3 is 0 Å². The molecule has 1 saturated heterocycles. The number of ether oxygens (including phenoxy) is 2. The Balaban J connectivity index is 0.000000235. The molecule has 0 saturated carbocycles. The summed E-state index contributed by atoms with van der Waals surface area (Å²) in [7, 11) is 1.63. The van der Waals surface area contributed by atoms with Crippen molar-refractivity contribution in [2.24, 2.45) is 0 Å². The maximum absolute atomic E-state index is 9.24. The zero-order valence-electron chi connectivity index (χ0n) is 12.5. The molecule has 2 rings (SSSR count). The predicted molar refractivity (Wildman–Crippen MR) is 78.7 cm³/mol. The topological polar surface area (TPSA) is 129 Å². The molecule has 0 radical (unpaired) electrons. The van der Waals surface area contributed by atoms with Gasteiger partial charge in [0.15, 0.2) is 0 Å². The van der Waals surface area contributed by atoms with E-state index in [-0.39, 0.29) is 24.5 Å². The zero-order chi connectivity index (χ0) is 16.5. The van der Waals surface area contributed by atoms with E-state index in [1.165, 1.54) is 0 Å². The van der Waals surface area contributed by atoms with Crippen LogP contribution in [0.2, 0.25) is 0 Å². The van der Waals surface area contributed by atoms with Crippen LogP contribution in [0, 0.1) is 0 Å². The van der Waals surface area contributed by atoms with Gasteiger partial charge in [0.25, 0.3) is 0 Å². The monoisotopic (exact) mass is 316 g/mol. The van der Waals surface area contributed by atoms with Gasteiger partial charge in [-0.15, -0.1) is 0 Å². The maximum atomic E-state index is 9.24. The Morgan fingerprint density at radius 1 is 1.23 bits per heavy atom. The predicted octanol–water partition coefficient (Wildman–Crippen LogP) is 0.245. The number of hydroxylamine groups is 2. The molecular weight excluding hydrogens is 292 g/mol. The van der Waals surface area contributed by atoms with Crippen LogP contribution in [0.1, 0.15) is 12.8 Å². The average Bonchev–Trinajstić information content (AvgIpc) is 2.50. The van der Waals surface area contributed by atoms with E-state index in [1.807, 2.05) is 12.1 Å². The lowest BCUT2D eigenvalue weighted by molar-refractivity contribution is -0.309. The SMILES string of the molecule is COc1ccc(N)cc1.OC1COC(CCN(O)O)CC1O. The fourth-order valence-corrected chi connectivity index (χ4v) is 1.90. The van der Waals surface area contributed by atoms with Gasteiger partial charge in [-0.25, -0.2) is 0 Å². The molecule has 22 heavy (non-hydrogen) atoms. The number of nitrogens with two attached hydrogens (primary N) is 1. The van der Waals surface area contributed by atoms with Gasteiger partial charge in [-0.1, -0.05) is 5.23 Å². The van der Waals surface area contributed by atoms with Crippen LogP contribution in [0.25, 0.3) is 0 Å². The van der Waals surface area contributed by atoms with Crippen LogP contribution >= 0.6 is 0 Å². The number of hydrogen-bond donors (Lipinski definition) is 5. The molecule has 1 aromatic carbocycles. The number of benzene rings is 1. The van der Waals surface area contributed by atoms with Crippen molar-refractivity contribution in [3.8, 4) is 5.75 Å². The van der Waals surface area contributed by atoms with Crippen LogP contribution in [0.5, 0.6) is 5.75 Å². The Bertz CT molecular complexity index is 414. The average molecular weight is 316 g/mol. The highest BCUT2D eigenvalue weighted by atomic mass is 16.8. The van der Waals surface area contributed by atoms with Crippen molar-refractivity contribution >= 4 is 5.69 Å². The van der Waals surface area contributed by atoms with Gasteiger partial charge in [-0.3, -0.25) is 10.4 Å². The number of anilines is 1. The molecule has 0 aliphatic carbocycles. The molecule has 1 aliphatic rings. The fraction of sp³-hybridized carbons (Fsp3) is 0.571. The third-order valence-corrected chi connectivity index (χ3v) is 3.22. The molecule has 3 atom stereocenters.